The Hall–Kier alpha value is -2.63. The molecule has 0 fully saturated rings. The van der Waals surface area contributed by atoms with E-state index in [-0.39, 0.29) is 16.8 Å². The van der Waals surface area contributed by atoms with Crippen LogP contribution >= 0.6 is 11.3 Å². The van der Waals surface area contributed by atoms with Gasteiger partial charge in [-0.2, -0.15) is 0 Å². The van der Waals surface area contributed by atoms with Crippen molar-refractivity contribution in [1.82, 2.24) is 4.98 Å². The zero-order chi connectivity index (χ0) is 18.5. The Labute approximate surface area is 154 Å². The van der Waals surface area contributed by atoms with Crippen LogP contribution in [0.25, 0.3) is 32.1 Å². The molecule has 0 spiro atoms. The molecule has 4 nitrogen and oxygen atoms in total. The van der Waals surface area contributed by atoms with Gasteiger partial charge in [0, 0.05) is 27.4 Å². The SMILES string of the molecule is CC(C)(N)Cc1ccc(-c2c(O)ccc3[nH]c(=O)c4sccc4c23)cc1. The first-order valence-corrected chi connectivity index (χ1v) is 9.35. The zero-order valence-corrected chi connectivity index (χ0v) is 15.5. The Morgan fingerprint density at radius 3 is 2.54 bits per heavy atom. The number of aromatic hydroxyl groups is 1. The lowest BCUT2D eigenvalue weighted by Gasteiger charge is -2.18. The van der Waals surface area contributed by atoms with Gasteiger partial charge < -0.3 is 15.8 Å². The Balaban J connectivity index is 1.95. The molecule has 0 aliphatic carbocycles. The molecule has 2 heterocycles. The fraction of sp³-hybridized carbons (Fsp3) is 0.190. The first-order chi connectivity index (χ1) is 12.3. The maximum atomic E-state index is 12.2. The van der Waals surface area contributed by atoms with E-state index in [1.807, 2.05) is 49.6 Å². The average molecular weight is 364 g/mol. The summed E-state index contributed by atoms with van der Waals surface area (Å²) in [6.45, 7) is 4.00. The number of H-pyrrole nitrogens is 1. The number of fused-ring (bicyclic) bond motifs is 3. The molecule has 2 aromatic carbocycles. The quantitative estimate of drug-likeness (QED) is 0.504. The molecule has 0 saturated heterocycles. The minimum Gasteiger partial charge on any atom is -0.507 e. The van der Waals surface area contributed by atoms with Gasteiger partial charge in [-0.15, -0.1) is 11.3 Å². The highest BCUT2D eigenvalue weighted by Crippen LogP contribution is 2.39. The van der Waals surface area contributed by atoms with Crippen molar-refractivity contribution in [2.24, 2.45) is 5.73 Å². The van der Waals surface area contributed by atoms with Crippen LogP contribution in [0.5, 0.6) is 5.75 Å². The summed E-state index contributed by atoms with van der Waals surface area (Å²) in [6, 6.07) is 13.4. The second-order valence-electron chi connectivity index (χ2n) is 7.36. The number of hydrogen-bond acceptors (Lipinski definition) is 4. The van der Waals surface area contributed by atoms with E-state index >= 15 is 0 Å². The summed E-state index contributed by atoms with van der Waals surface area (Å²) in [4.78, 5) is 15.2. The maximum Gasteiger partial charge on any atom is 0.266 e. The number of rotatable bonds is 3. The van der Waals surface area contributed by atoms with E-state index in [0.717, 1.165) is 39.4 Å². The van der Waals surface area contributed by atoms with Gasteiger partial charge in [-0.1, -0.05) is 24.3 Å². The lowest BCUT2D eigenvalue weighted by molar-refractivity contribution is 0.478. The number of aromatic amines is 1. The monoisotopic (exact) mass is 364 g/mol. The van der Waals surface area contributed by atoms with Gasteiger partial charge in [-0.25, -0.2) is 0 Å². The number of benzene rings is 2. The molecule has 132 valence electrons. The van der Waals surface area contributed by atoms with Crippen LogP contribution in [0.1, 0.15) is 19.4 Å². The van der Waals surface area contributed by atoms with Gasteiger partial charge in [0.05, 0.1) is 0 Å². The van der Waals surface area contributed by atoms with Crippen LogP contribution in [0.3, 0.4) is 0 Å². The number of phenolic OH excluding ortho intramolecular Hbond substituents is 1. The van der Waals surface area contributed by atoms with Crippen LogP contribution in [0.2, 0.25) is 0 Å². The predicted octanol–water partition coefficient (Wildman–Crippen LogP) is 4.40. The first-order valence-electron chi connectivity index (χ1n) is 8.47. The highest BCUT2D eigenvalue weighted by atomic mass is 32.1. The summed E-state index contributed by atoms with van der Waals surface area (Å²) in [6.07, 6.45) is 0.775. The molecule has 4 rings (SSSR count). The molecule has 4 aromatic rings. The van der Waals surface area contributed by atoms with Gasteiger partial charge in [0.25, 0.3) is 5.56 Å². The highest BCUT2D eigenvalue weighted by molar-refractivity contribution is 7.17. The van der Waals surface area contributed by atoms with Crippen molar-refractivity contribution in [1.29, 1.82) is 0 Å². The third-order valence-corrected chi connectivity index (χ3v) is 5.39. The summed E-state index contributed by atoms with van der Waals surface area (Å²) in [5.74, 6) is 0.198. The summed E-state index contributed by atoms with van der Waals surface area (Å²) in [5, 5.41) is 14.2. The maximum absolute atomic E-state index is 12.2. The van der Waals surface area contributed by atoms with Gasteiger partial charge in [0.1, 0.15) is 10.4 Å². The van der Waals surface area contributed by atoms with Crippen LogP contribution < -0.4 is 11.3 Å². The van der Waals surface area contributed by atoms with Crippen molar-refractivity contribution in [3.63, 3.8) is 0 Å². The molecule has 0 aliphatic heterocycles. The van der Waals surface area contributed by atoms with Crippen LogP contribution in [0.15, 0.2) is 52.6 Å². The molecular formula is C21H20N2O2S. The summed E-state index contributed by atoms with van der Waals surface area (Å²) < 4.78 is 0.672. The molecule has 26 heavy (non-hydrogen) atoms. The van der Waals surface area contributed by atoms with Gasteiger partial charge >= 0.3 is 0 Å². The molecule has 0 bridgehead atoms. The largest absolute Gasteiger partial charge is 0.507 e. The Bertz CT molecular complexity index is 1170. The smallest absolute Gasteiger partial charge is 0.266 e. The lowest BCUT2D eigenvalue weighted by Crippen LogP contribution is -2.34. The molecule has 0 amide bonds. The third kappa shape index (κ3) is 2.89. The fourth-order valence-electron chi connectivity index (χ4n) is 3.44. The number of hydrogen-bond donors (Lipinski definition) is 3. The van der Waals surface area contributed by atoms with Crippen molar-refractivity contribution >= 4 is 32.3 Å². The minimum atomic E-state index is -0.272. The second kappa shape index (κ2) is 5.97. The summed E-state index contributed by atoms with van der Waals surface area (Å²) >= 11 is 1.41. The Morgan fingerprint density at radius 1 is 1.12 bits per heavy atom. The van der Waals surface area contributed by atoms with Crippen LogP contribution in [0, 0.1) is 0 Å². The number of nitrogens with two attached hydrogens (primary N) is 1. The van der Waals surface area contributed by atoms with E-state index in [1.54, 1.807) is 12.1 Å². The number of thiophene rings is 1. The van der Waals surface area contributed by atoms with E-state index in [0.29, 0.717) is 4.70 Å². The molecular weight excluding hydrogens is 344 g/mol. The van der Waals surface area contributed by atoms with Crippen molar-refractivity contribution in [3.05, 3.63) is 63.8 Å². The number of phenols is 1. The third-order valence-electron chi connectivity index (χ3n) is 4.47. The molecule has 4 N–H and O–H groups in total. The topological polar surface area (TPSA) is 79.1 Å². The van der Waals surface area contributed by atoms with Crippen molar-refractivity contribution in [2.45, 2.75) is 25.8 Å². The molecule has 0 radical (unpaired) electrons. The molecule has 0 saturated carbocycles. The Morgan fingerprint density at radius 2 is 1.85 bits per heavy atom. The molecule has 0 unspecified atom stereocenters. The fourth-order valence-corrected chi connectivity index (χ4v) is 4.24. The normalized spacial score (nSPS) is 12.1. The van der Waals surface area contributed by atoms with E-state index in [9.17, 15) is 9.90 Å². The van der Waals surface area contributed by atoms with Gasteiger partial charge in [-0.3, -0.25) is 4.79 Å². The van der Waals surface area contributed by atoms with E-state index in [2.05, 4.69) is 4.98 Å². The first kappa shape index (κ1) is 16.8. The standard InChI is InChI=1S/C21H20N2O2S/c1-21(2,22)11-12-3-5-13(6-4-12)17-16(24)8-7-15-18(17)14-9-10-26-19(14)20(25)23-15/h3-10,24H,11,22H2,1-2H3,(H,23,25). The highest BCUT2D eigenvalue weighted by Gasteiger charge is 2.16. The molecule has 0 atom stereocenters. The van der Waals surface area contributed by atoms with E-state index in [1.165, 1.54) is 11.3 Å². The van der Waals surface area contributed by atoms with Gasteiger partial charge in [0.15, 0.2) is 0 Å². The van der Waals surface area contributed by atoms with Gasteiger partial charge in [-0.05, 0) is 55.0 Å². The summed E-state index contributed by atoms with van der Waals surface area (Å²) in [5.41, 5.74) is 9.25. The molecule has 0 aliphatic rings. The lowest BCUT2D eigenvalue weighted by atomic mass is 9.93. The minimum absolute atomic E-state index is 0.0975. The van der Waals surface area contributed by atoms with E-state index in [4.69, 9.17) is 5.73 Å². The Kier molecular flexibility index (Phi) is 3.86. The number of pyridine rings is 1. The predicted molar refractivity (Wildman–Crippen MR) is 109 cm³/mol. The van der Waals surface area contributed by atoms with Gasteiger partial charge in [0.2, 0.25) is 0 Å². The molecule has 5 heteroatoms. The van der Waals surface area contributed by atoms with Crippen molar-refractivity contribution < 1.29 is 5.11 Å². The summed E-state index contributed by atoms with van der Waals surface area (Å²) in [7, 11) is 0. The van der Waals surface area contributed by atoms with Crippen molar-refractivity contribution in [3.8, 4) is 16.9 Å². The van der Waals surface area contributed by atoms with Crippen LogP contribution in [-0.2, 0) is 6.42 Å². The van der Waals surface area contributed by atoms with Crippen molar-refractivity contribution in [2.75, 3.05) is 0 Å². The zero-order valence-electron chi connectivity index (χ0n) is 14.7. The van der Waals surface area contributed by atoms with E-state index < -0.39 is 0 Å². The van der Waals surface area contributed by atoms with Crippen LogP contribution in [-0.4, -0.2) is 15.6 Å². The van der Waals surface area contributed by atoms with Crippen LogP contribution in [0.4, 0.5) is 0 Å². The second-order valence-corrected chi connectivity index (χ2v) is 8.28. The molecule has 2 aromatic heterocycles. The average Bonchev–Trinajstić information content (AvgIpc) is 3.05. The number of aromatic nitrogens is 1. The number of nitrogens with one attached hydrogen (secondary N) is 1.